The maximum absolute atomic E-state index is 13.1. The lowest BCUT2D eigenvalue weighted by Crippen LogP contribution is -2.33. The number of nitriles is 1. The van der Waals surface area contributed by atoms with E-state index in [1.54, 1.807) is 12.1 Å². The van der Waals surface area contributed by atoms with Gasteiger partial charge in [0, 0.05) is 18.4 Å². The third kappa shape index (κ3) is 3.90. The van der Waals surface area contributed by atoms with Gasteiger partial charge >= 0.3 is 0 Å². The fourth-order valence-corrected chi connectivity index (χ4v) is 4.38. The fourth-order valence-electron chi connectivity index (χ4n) is 3.81. The van der Waals surface area contributed by atoms with E-state index in [0.29, 0.717) is 52.3 Å². The van der Waals surface area contributed by atoms with E-state index in [1.165, 1.54) is 7.11 Å². The molecule has 0 saturated carbocycles. The van der Waals surface area contributed by atoms with Gasteiger partial charge < -0.3 is 19.9 Å². The molecule has 0 amide bonds. The summed E-state index contributed by atoms with van der Waals surface area (Å²) in [4.78, 5) is 13.1. The summed E-state index contributed by atoms with van der Waals surface area (Å²) in [7, 11) is 1.53. The summed E-state index contributed by atoms with van der Waals surface area (Å²) in [5.41, 5.74) is 7.24. The number of benzene rings is 1. The van der Waals surface area contributed by atoms with E-state index in [2.05, 4.69) is 28.6 Å². The van der Waals surface area contributed by atoms with Crippen molar-refractivity contribution in [3.05, 3.63) is 57.6 Å². The second-order valence-corrected chi connectivity index (χ2v) is 8.69. The number of ketones is 1. The van der Waals surface area contributed by atoms with Crippen LogP contribution in [0.15, 0.2) is 52.0 Å². The molecule has 2 N–H and O–H groups in total. The number of ether oxygens (including phenoxy) is 3. The number of carbonyl (C=O) groups is 1. The van der Waals surface area contributed by atoms with E-state index in [1.807, 2.05) is 19.9 Å². The molecule has 0 bridgehead atoms. The van der Waals surface area contributed by atoms with E-state index in [-0.39, 0.29) is 22.7 Å². The Hall–Kier alpha value is -2.72. The van der Waals surface area contributed by atoms with Crippen molar-refractivity contribution < 1.29 is 19.0 Å². The first-order chi connectivity index (χ1) is 13.7. The molecule has 1 aromatic rings. The first-order valence-electron chi connectivity index (χ1n) is 9.17. The quantitative estimate of drug-likeness (QED) is 0.653. The van der Waals surface area contributed by atoms with Crippen LogP contribution in [0.4, 0.5) is 0 Å². The van der Waals surface area contributed by atoms with Crippen LogP contribution in [-0.4, -0.2) is 19.5 Å². The zero-order valence-electron chi connectivity index (χ0n) is 16.7. The van der Waals surface area contributed by atoms with E-state index >= 15 is 0 Å². The lowest BCUT2D eigenvalue weighted by atomic mass is 9.70. The number of nitrogens with two attached hydrogens (primary N) is 1. The molecule has 1 atom stereocenters. The molecule has 0 saturated heterocycles. The van der Waals surface area contributed by atoms with Gasteiger partial charge in [-0.3, -0.25) is 4.79 Å². The van der Waals surface area contributed by atoms with E-state index in [4.69, 9.17) is 19.9 Å². The predicted octanol–water partition coefficient (Wildman–Crippen LogP) is 4.47. The number of halogens is 1. The van der Waals surface area contributed by atoms with Crippen LogP contribution < -0.4 is 15.2 Å². The lowest BCUT2D eigenvalue weighted by Gasteiger charge is -2.37. The van der Waals surface area contributed by atoms with Gasteiger partial charge in [0.25, 0.3) is 0 Å². The number of hydrogen-bond donors (Lipinski definition) is 1. The topological polar surface area (TPSA) is 94.6 Å². The summed E-state index contributed by atoms with van der Waals surface area (Å²) in [6.07, 6.45) is 2.58. The molecule has 1 heterocycles. The average molecular weight is 459 g/mol. The number of Topliss-reactive ketones (excluding diaryl/α,β-unsaturated/α-hetero) is 1. The zero-order chi connectivity index (χ0) is 21.3. The van der Waals surface area contributed by atoms with Crippen LogP contribution in [0.2, 0.25) is 0 Å². The Labute approximate surface area is 178 Å². The molecule has 2 aliphatic rings. The van der Waals surface area contributed by atoms with Gasteiger partial charge in [0.2, 0.25) is 5.88 Å². The normalized spacial score (nSPS) is 20.5. The molecule has 6 nitrogen and oxygen atoms in total. The number of hydrogen-bond acceptors (Lipinski definition) is 6. The van der Waals surface area contributed by atoms with Gasteiger partial charge in [0.05, 0.1) is 17.5 Å². The van der Waals surface area contributed by atoms with Crippen LogP contribution in [0.5, 0.6) is 11.5 Å². The molecule has 1 aromatic carbocycles. The van der Waals surface area contributed by atoms with Crippen molar-refractivity contribution in [1.29, 1.82) is 5.26 Å². The predicted molar refractivity (Wildman–Crippen MR) is 112 cm³/mol. The Morgan fingerprint density at radius 3 is 2.79 bits per heavy atom. The van der Waals surface area contributed by atoms with Gasteiger partial charge in [0.15, 0.2) is 17.3 Å². The first kappa shape index (κ1) is 21.0. The van der Waals surface area contributed by atoms with E-state index in [0.717, 1.165) is 0 Å². The molecule has 1 aliphatic heterocycles. The molecule has 0 radical (unpaired) electrons. The average Bonchev–Trinajstić information content (AvgIpc) is 2.64. The highest BCUT2D eigenvalue weighted by molar-refractivity contribution is 9.10. The number of rotatable bonds is 5. The van der Waals surface area contributed by atoms with Crippen molar-refractivity contribution in [1.82, 2.24) is 0 Å². The fraction of sp³-hybridized carbons (Fsp3) is 0.364. The number of allylic oxidation sites excluding steroid dienone is 3. The molecule has 3 rings (SSSR count). The maximum Gasteiger partial charge on any atom is 0.205 e. The minimum atomic E-state index is -0.619. The number of methoxy groups -OCH3 is 1. The molecule has 0 unspecified atom stereocenters. The first-order valence-corrected chi connectivity index (χ1v) is 9.96. The van der Waals surface area contributed by atoms with Gasteiger partial charge in [-0.2, -0.15) is 5.26 Å². The molecule has 1 aliphatic carbocycles. The van der Waals surface area contributed by atoms with E-state index < -0.39 is 5.92 Å². The summed E-state index contributed by atoms with van der Waals surface area (Å²) in [6, 6.07) is 5.71. The van der Waals surface area contributed by atoms with Crippen LogP contribution in [0.3, 0.4) is 0 Å². The third-order valence-corrected chi connectivity index (χ3v) is 5.60. The third-order valence-electron chi connectivity index (χ3n) is 5.01. The molecule has 152 valence electrons. The van der Waals surface area contributed by atoms with Crippen molar-refractivity contribution in [2.45, 2.75) is 32.6 Å². The molecule has 0 spiro atoms. The minimum Gasteiger partial charge on any atom is -0.493 e. The van der Waals surface area contributed by atoms with Crippen LogP contribution in [-0.2, 0) is 9.53 Å². The summed E-state index contributed by atoms with van der Waals surface area (Å²) in [5, 5.41) is 9.76. The Morgan fingerprint density at radius 1 is 1.45 bits per heavy atom. The SMILES string of the molecule is C=CCOc1c(Br)cc([C@H]2C(C#N)=C(N)OC3=C2C(=O)CC(C)(C)C3)cc1OC. The largest absolute Gasteiger partial charge is 0.493 e. The summed E-state index contributed by atoms with van der Waals surface area (Å²) < 4.78 is 17.5. The molecule has 0 aromatic heterocycles. The molecule has 0 fully saturated rings. The second-order valence-electron chi connectivity index (χ2n) is 7.84. The Balaban J connectivity index is 2.18. The lowest BCUT2D eigenvalue weighted by molar-refractivity contribution is -0.119. The second kappa shape index (κ2) is 7.96. The van der Waals surface area contributed by atoms with Crippen molar-refractivity contribution in [3.8, 4) is 17.6 Å². The minimum absolute atomic E-state index is 0.0313. The van der Waals surface area contributed by atoms with Gasteiger partial charge in [0.1, 0.15) is 24.0 Å². The number of carbonyl (C=O) groups excluding carboxylic acids is 1. The van der Waals surface area contributed by atoms with Gasteiger partial charge in [-0.1, -0.05) is 26.5 Å². The zero-order valence-corrected chi connectivity index (χ0v) is 18.3. The van der Waals surface area contributed by atoms with Crippen LogP contribution in [0, 0.1) is 16.7 Å². The summed E-state index contributed by atoms with van der Waals surface area (Å²) in [6.45, 7) is 7.99. The molecule has 29 heavy (non-hydrogen) atoms. The van der Waals surface area contributed by atoms with Gasteiger partial charge in [-0.15, -0.1) is 0 Å². The summed E-state index contributed by atoms with van der Waals surface area (Å²) in [5.74, 6) is 0.904. The highest BCUT2D eigenvalue weighted by atomic mass is 79.9. The smallest absolute Gasteiger partial charge is 0.205 e. The number of nitrogens with zero attached hydrogens (tertiary/aromatic N) is 1. The maximum atomic E-state index is 13.1. The van der Waals surface area contributed by atoms with Crippen molar-refractivity contribution in [2.75, 3.05) is 13.7 Å². The Bertz CT molecular complexity index is 985. The van der Waals surface area contributed by atoms with Crippen LogP contribution in [0.25, 0.3) is 0 Å². The summed E-state index contributed by atoms with van der Waals surface area (Å²) >= 11 is 3.51. The molecule has 7 heteroatoms. The molecular weight excluding hydrogens is 436 g/mol. The monoisotopic (exact) mass is 458 g/mol. The highest BCUT2D eigenvalue weighted by Crippen LogP contribution is 2.49. The van der Waals surface area contributed by atoms with Crippen molar-refractivity contribution in [3.63, 3.8) is 0 Å². The van der Waals surface area contributed by atoms with E-state index in [9.17, 15) is 10.1 Å². The highest BCUT2D eigenvalue weighted by Gasteiger charge is 2.43. The Kier molecular flexibility index (Phi) is 5.76. The van der Waals surface area contributed by atoms with Gasteiger partial charge in [-0.25, -0.2) is 0 Å². The van der Waals surface area contributed by atoms with Gasteiger partial charge in [-0.05, 0) is 39.0 Å². The standard InChI is InChI=1S/C22H23BrN2O4/c1-5-6-28-20-14(23)7-12(8-16(20)27-4)18-13(11-24)21(25)29-17-10-22(2,3)9-15(26)19(17)18/h5,7-8,18H,1,6,9-10,25H2,2-4H3/t18-/m0/s1. The van der Waals surface area contributed by atoms with Crippen LogP contribution >= 0.6 is 15.9 Å². The van der Waals surface area contributed by atoms with Crippen molar-refractivity contribution >= 4 is 21.7 Å². The molecular formula is C22H23BrN2O4. The Morgan fingerprint density at radius 2 is 2.17 bits per heavy atom. The van der Waals surface area contributed by atoms with Crippen LogP contribution in [0.1, 0.15) is 38.2 Å². The van der Waals surface area contributed by atoms with Crippen molar-refractivity contribution in [2.24, 2.45) is 11.1 Å².